The molecule has 40 heavy (non-hydrogen) atoms. The lowest BCUT2D eigenvalue weighted by atomic mass is 9.92. The number of unbranched alkanes of at least 4 members (excludes halogenated alkanes) is 17. The van der Waals surface area contributed by atoms with Gasteiger partial charge in [-0.3, -0.25) is 0 Å². The van der Waals surface area contributed by atoms with Crippen LogP contribution >= 0.6 is 0 Å². The maximum Gasteiger partial charge on any atom is -0.0443 e. The molecular formula is C40H82. The molecule has 0 rings (SSSR count). The topological polar surface area (TPSA) is 0 Å². The van der Waals surface area contributed by atoms with Gasteiger partial charge in [0.1, 0.15) is 0 Å². The van der Waals surface area contributed by atoms with E-state index in [1.54, 1.807) is 0 Å². The second-order valence-corrected chi connectivity index (χ2v) is 14.8. The van der Waals surface area contributed by atoms with Crippen LogP contribution in [0.1, 0.15) is 234 Å². The van der Waals surface area contributed by atoms with Crippen LogP contribution in [0.3, 0.4) is 0 Å². The molecule has 4 unspecified atom stereocenters. The first-order valence-electron chi connectivity index (χ1n) is 19.5. The van der Waals surface area contributed by atoms with E-state index in [1.165, 1.54) is 193 Å². The summed E-state index contributed by atoms with van der Waals surface area (Å²) < 4.78 is 0. The van der Waals surface area contributed by atoms with E-state index in [0.717, 1.165) is 23.7 Å². The SMILES string of the molecule is CCCCCCCCCCC(C)CCCCCC(C)CCCCCCCCCC(C)CCCC(C)CCCCC. The van der Waals surface area contributed by atoms with Crippen LogP contribution in [-0.2, 0) is 0 Å². The Morgan fingerprint density at radius 2 is 0.400 bits per heavy atom. The molecule has 0 aromatic heterocycles. The summed E-state index contributed by atoms with van der Waals surface area (Å²) in [5, 5.41) is 0. The summed E-state index contributed by atoms with van der Waals surface area (Å²) in [4.78, 5) is 0. The molecule has 0 aliphatic heterocycles. The third kappa shape index (κ3) is 30.9. The summed E-state index contributed by atoms with van der Waals surface area (Å²) in [7, 11) is 0. The lowest BCUT2D eigenvalue weighted by molar-refractivity contribution is 0.391. The van der Waals surface area contributed by atoms with Crippen molar-refractivity contribution in [1.82, 2.24) is 0 Å². The summed E-state index contributed by atoms with van der Waals surface area (Å²) in [5.74, 6) is 3.82. The average molecular weight is 563 g/mol. The highest BCUT2D eigenvalue weighted by atomic mass is 14.1. The summed E-state index contributed by atoms with van der Waals surface area (Å²) in [6, 6.07) is 0. The Labute approximate surface area is 257 Å². The molecule has 242 valence electrons. The molecule has 0 aromatic rings. The highest BCUT2D eigenvalue weighted by Crippen LogP contribution is 2.23. The minimum absolute atomic E-state index is 0.951. The van der Waals surface area contributed by atoms with E-state index >= 15 is 0 Å². The van der Waals surface area contributed by atoms with Crippen molar-refractivity contribution in [2.24, 2.45) is 23.7 Å². The van der Waals surface area contributed by atoms with E-state index in [0.29, 0.717) is 0 Å². The van der Waals surface area contributed by atoms with Gasteiger partial charge < -0.3 is 0 Å². The molecule has 0 amide bonds. The van der Waals surface area contributed by atoms with Crippen molar-refractivity contribution in [2.45, 2.75) is 234 Å². The zero-order valence-corrected chi connectivity index (χ0v) is 29.5. The maximum atomic E-state index is 2.51. The molecule has 0 nitrogen and oxygen atoms in total. The molecule has 0 fully saturated rings. The fraction of sp³-hybridized carbons (Fsp3) is 1.00. The largest absolute Gasteiger partial charge is 0.0654 e. The first kappa shape index (κ1) is 40.0. The second-order valence-electron chi connectivity index (χ2n) is 14.8. The van der Waals surface area contributed by atoms with Crippen LogP contribution in [-0.4, -0.2) is 0 Å². The molecule has 0 aliphatic carbocycles. The van der Waals surface area contributed by atoms with Crippen molar-refractivity contribution in [1.29, 1.82) is 0 Å². The van der Waals surface area contributed by atoms with E-state index in [2.05, 4.69) is 41.5 Å². The Kier molecular flexibility index (Phi) is 31.9. The fourth-order valence-electron chi connectivity index (χ4n) is 6.79. The standard InChI is InChI=1S/C40H82/c1-7-9-11-12-13-15-18-23-30-37(3)33-26-21-27-34-38(4)31-24-19-16-14-17-20-25-32-40(6)36-28-35-39(5)29-22-10-8-2/h37-40H,7-36H2,1-6H3. The van der Waals surface area contributed by atoms with Crippen LogP contribution in [0.25, 0.3) is 0 Å². The molecule has 0 bridgehead atoms. The quantitative estimate of drug-likeness (QED) is 0.0698. The van der Waals surface area contributed by atoms with Gasteiger partial charge in [-0.1, -0.05) is 234 Å². The molecule has 0 aromatic carbocycles. The van der Waals surface area contributed by atoms with Crippen LogP contribution in [0.5, 0.6) is 0 Å². The Hall–Kier alpha value is 0. The van der Waals surface area contributed by atoms with Crippen LogP contribution in [0, 0.1) is 23.7 Å². The van der Waals surface area contributed by atoms with Gasteiger partial charge in [0.2, 0.25) is 0 Å². The van der Waals surface area contributed by atoms with Gasteiger partial charge in [0.15, 0.2) is 0 Å². The van der Waals surface area contributed by atoms with Gasteiger partial charge in [-0.05, 0) is 23.7 Å². The summed E-state index contributed by atoms with van der Waals surface area (Å²) in [5.41, 5.74) is 0. The summed E-state index contributed by atoms with van der Waals surface area (Å²) in [6.07, 6.45) is 43.9. The molecule has 0 heterocycles. The van der Waals surface area contributed by atoms with Crippen molar-refractivity contribution < 1.29 is 0 Å². The van der Waals surface area contributed by atoms with Gasteiger partial charge in [-0.25, -0.2) is 0 Å². The average Bonchev–Trinajstić information content (AvgIpc) is 2.93. The van der Waals surface area contributed by atoms with Crippen LogP contribution < -0.4 is 0 Å². The Bertz CT molecular complexity index is 453. The molecule has 0 spiro atoms. The molecule has 0 aliphatic rings. The molecule has 0 saturated heterocycles. The summed E-state index contributed by atoms with van der Waals surface area (Å²) in [6.45, 7) is 14.6. The second kappa shape index (κ2) is 31.9. The first-order chi connectivity index (χ1) is 19.5. The minimum atomic E-state index is 0.951. The predicted octanol–water partition coefficient (Wildman–Crippen LogP) is 15.3. The van der Waals surface area contributed by atoms with E-state index in [1.807, 2.05) is 0 Å². The molecule has 0 heteroatoms. The van der Waals surface area contributed by atoms with Gasteiger partial charge in [-0.15, -0.1) is 0 Å². The maximum absolute atomic E-state index is 2.51. The molecule has 0 saturated carbocycles. The molecule has 0 radical (unpaired) electrons. The van der Waals surface area contributed by atoms with Gasteiger partial charge in [0.05, 0.1) is 0 Å². The molecule has 4 atom stereocenters. The monoisotopic (exact) mass is 563 g/mol. The minimum Gasteiger partial charge on any atom is -0.0654 e. The van der Waals surface area contributed by atoms with Gasteiger partial charge in [-0.2, -0.15) is 0 Å². The third-order valence-corrected chi connectivity index (χ3v) is 10.0. The Morgan fingerprint density at radius 1 is 0.225 bits per heavy atom. The number of rotatable bonds is 33. The van der Waals surface area contributed by atoms with Crippen LogP contribution in [0.15, 0.2) is 0 Å². The molecular weight excluding hydrogens is 480 g/mol. The highest BCUT2D eigenvalue weighted by molar-refractivity contribution is 4.60. The van der Waals surface area contributed by atoms with Crippen molar-refractivity contribution >= 4 is 0 Å². The third-order valence-electron chi connectivity index (χ3n) is 10.0. The summed E-state index contributed by atoms with van der Waals surface area (Å²) >= 11 is 0. The van der Waals surface area contributed by atoms with Crippen molar-refractivity contribution in [2.75, 3.05) is 0 Å². The lowest BCUT2D eigenvalue weighted by Gasteiger charge is -2.14. The number of hydrogen-bond acceptors (Lipinski definition) is 0. The van der Waals surface area contributed by atoms with Gasteiger partial charge in [0.25, 0.3) is 0 Å². The highest BCUT2D eigenvalue weighted by Gasteiger charge is 2.07. The first-order valence-corrected chi connectivity index (χ1v) is 19.5. The Morgan fingerprint density at radius 3 is 0.700 bits per heavy atom. The van der Waals surface area contributed by atoms with Crippen molar-refractivity contribution in [3.63, 3.8) is 0 Å². The smallest absolute Gasteiger partial charge is 0.0443 e. The van der Waals surface area contributed by atoms with Crippen LogP contribution in [0.2, 0.25) is 0 Å². The predicted molar refractivity (Wildman–Crippen MR) is 187 cm³/mol. The lowest BCUT2D eigenvalue weighted by Crippen LogP contribution is -1.99. The zero-order chi connectivity index (χ0) is 29.5. The normalized spacial score (nSPS) is 14.8. The van der Waals surface area contributed by atoms with Gasteiger partial charge >= 0.3 is 0 Å². The van der Waals surface area contributed by atoms with Crippen molar-refractivity contribution in [3.05, 3.63) is 0 Å². The van der Waals surface area contributed by atoms with Crippen LogP contribution in [0.4, 0.5) is 0 Å². The molecule has 0 N–H and O–H groups in total. The van der Waals surface area contributed by atoms with E-state index in [9.17, 15) is 0 Å². The zero-order valence-electron chi connectivity index (χ0n) is 29.5. The van der Waals surface area contributed by atoms with E-state index in [4.69, 9.17) is 0 Å². The Balaban J connectivity index is 3.37. The van der Waals surface area contributed by atoms with E-state index < -0.39 is 0 Å². The number of hydrogen-bond donors (Lipinski definition) is 0. The van der Waals surface area contributed by atoms with Crippen molar-refractivity contribution in [3.8, 4) is 0 Å². The fourth-order valence-corrected chi connectivity index (χ4v) is 6.79. The van der Waals surface area contributed by atoms with Gasteiger partial charge in [0, 0.05) is 0 Å². The van der Waals surface area contributed by atoms with E-state index in [-0.39, 0.29) is 0 Å².